The molecular formula is C19H15ClN2O2. The third-order valence-electron chi connectivity index (χ3n) is 3.39. The largest absolute Gasteiger partial charge is 0.504 e. The van der Waals surface area contributed by atoms with Gasteiger partial charge < -0.3 is 10.2 Å². The summed E-state index contributed by atoms with van der Waals surface area (Å²) >= 11 is 5.88. The van der Waals surface area contributed by atoms with Crippen LogP contribution in [-0.2, 0) is 0 Å². The highest BCUT2D eigenvalue weighted by atomic mass is 35.5. The molecule has 0 radical (unpaired) electrons. The van der Waals surface area contributed by atoms with Gasteiger partial charge >= 0.3 is 0 Å². The monoisotopic (exact) mass is 338 g/mol. The van der Waals surface area contributed by atoms with E-state index < -0.39 is 0 Å². The van der Waals surface area contributed by atoms with E-state index in [2.05, 4.69) is 5.10 Å². The predicted octanol–water partition coefficient (Wildman–Crippen LogP) is 4.92. The fourth-order valence-corrected chi connectivity index (χ4v) is 2.45. The molecule has 0 aliphatic carbocycles. The van der Waals surface area contributed by atoms with Crippen LogP contribution in [0.2, 0.25) is 5.02 Å². The van der Waals surface area contributed by atoms with Crippen LogP contribution in [-0.4, -0.2) is 16.4 Å². The number of phenolic OH excluding ortho intramolecular Hbond substituents is 2. The van der Waals surface area contributed by atoms with Gasteiger partial charge in [0.05, 0.1) is 22.6 Å². The number of aromatic hydroxyl groups is 2. The summed E-state index contributed by atoms with van der Waals surface area (Å²) in [6.07, 6.45) is 1.57. The minimum atomic E-state index is -0.336. The van der Waals surface area contributed by atoms with E-state index in [0.29, 0.717) is 5.56 Å². The molecule has 0 aliphatic rings. The van der Waals surface area contributed by atoms with E-state index >= 15 is 0 Å². The lowest BCUT2D eigenvalue weighted by molar-refractivity contribution is 0.404. The number of anilines is 2. The summed E-state index contributed by atoms with van der Waals surface area (Å²) in [6, 6.07) is 22.4. The Morgan fingerprint density at radius 1 is 0.833 bits per heavy atom. The number of hydrogen-bond donors (Lipinski definition) is 2. The van der Waals surface area contributed by atoms with Gasteiger partial charge in [-0.3, -0.25) is 0 Å². The van der Waals surface area contributed by atoms with Crippen molar-refractivity contribution in [3.63, 3.8) is 0 Å². The number of halogens is 1. The number of phenols is 2. The Labute approximate surface area is 144 Å². The molecule has 0 fully saturated rings. The van der Waals surface area contributed by atoms with Crippen molar-refractivity contribution in [2.45, 2.75) is 0 Å². The number of hydrogen-bond acceptors (Lipinski definition) is 4. The van der Waals surface area contributed by atoms with Crippen LogP contribution in [0.5, 0.6) is 11.5 Å². The van der Waals surface area contributed by atoms with Gasteiger partial charge in [0, 0.05) is 0 Å². The molecule has 2 N–H and O–H groups in total. The number of para-hydroxylation sites is 2. The van der Waals surface area contributed by atoms with Crippen LogP contribution >= 0.6 is 11.6 Å². The molecule has 0 unspecified atom stereocenters. The standard InChI is InChI=1S/C19H15ClN2O2/c20-17-11-14(12-18(23)19(17)24)13-21-22(15-7-3-1-4-8-15)16-9-5-2-6-10-16/h1-13,23-24H. The van der Waals surface area contributed by atoms with Crippen LogP contribution in [0.4, 0.5) is 11.4 Å². The van der Waals surface area contributed by atoms with Crippen molar-refractivity contribution in [1.29, 1.82) is 0 Å². The molecule has 4 nitrogen and oxygen atoms in total. The van der Waals surface area contributed by atoms with E-state index in [9.17, 15) is 10.2 Å². The third-order valence-corrected chi connectivity index (χ3v) is 3.68. The quantitative estimate of drug-likeness (QED) is 0.403. The Bertz CT molecular complexity index is 789. The van der Waals surface area contributed by atoms with Gasteiger partial charge in [-0.2, -0.15) is 5.10 Å². The highest BCUT2D eigenvalue weighted by Crippen LogP contribution is 2.33. The van der Waals surface area contributed by atoms with Gasteiger partial charge in [-0.1, -0.05) is 48.0 Å². The highest BCUT2D eigenvalue weighted by molar-refractivity contribution is 6.32. The first-order valence-corrected chi connectivity index (χ1v) is 7.68. The summed E-state index contributed by atoms with van der Waals surface area (Å²) in [6.45, 7) is 0. The van der Waals surface area contributed by atoms with Gasteiger partial charge in [0.25, 0.3) is 0 Å². The molecule has 0 saturated carbocycles. The molecule has 0 heterocycles. The van der Waals surface area contributed by atoms with Gasteiger partial charge in [-0.05, 0) is 42.0 Å². The number of nitrogens with zero attached hydrogens (tertiary/aromatic N) is 2. The summed E-state index contributed by atoms with van der Waals surface area (Å²) < 4.78 is 0. The first kappa shape index (κ1) is 15.9. The Kier molecular flexibility index (Phi) is 4.68. The summed E-state index contributed by atoms with van der Waals surface area (Å²) in [7, 11) is 0. The van der Waals surface area contributed by atoms with Gasteiger partial charge in [-0.25, -0.2) is 5.01 Å². The molecular weight excluding hydrogens is 324 g/mol. The minimum absolute atomic E-state index is 0.0717. The average molecular weight is 339 g/mol. The Morgan fingerprint density at radius 3 is 1.88 bits per heavy atom. The number of benzene rings is 3. The van der Waals surface area contributed by atoms with Crippen molar-refractivity contribution in [3.05, 3.63) is 83.4 Å². The maximum absolute atomic E-state index is 9.67. The summed E-state index contributed by atoms with van der Waals surface area (Å²) in [5, 5.41) is 25.5. The van der Waals surface area contributed by atoms with Crippen LogP contribution in [0.1, 0.15) is 5.56 Å². The zero-order chi connectivity index (χ0) is 16.9. The molecule has 5 heteroatoms. The van der Waals surface area contributed by atoms with Gasteiger partial charge in [0.2, 0.25) is 0 Å². The highest BCUT2D eigenvalue weighted by Gasteiger charge is 2.09. The number of hydrazone groups is 1. The minimum Gasteiger partial charge on any atom is -0.504 e. The lowest BCUT2D eigenvalue weighted by Crippen LogP contribution is -2.09. The zero-order valence-corrected chi connectivity index (χ0v) is 13.4. The second-order valence-electron chi connectivity index (χ2n) is 5.10. The second kappa shape index (κ2) is 7.06. The molecule has 3 aromatic carbocycles. The first-order chi connectivity index (χ1) is 11.6. The second-order valence-corrected chi connectivity index (χ2v) is 5.51. The molecule has 0 aliphatic heterocycles. The normalized spacial score (nSPS) is 10.9. The Balaban J connectivity index is 1.98. The SMILES string of the molecule is Oc1cc(C=NN(c2ccccc2)c2ccccc2)cc(Cl)c1O. The van der Waals surface area contributed by atoms with Crippen molar-refractivity contribution in [2.75, 3.05) is 5.01 Å². The molecule has 0 aromatic heterocycles. The Morgan fingerprint density at radius 2 is 1.38 bits per heavy atom. The molecule has 24 heavy (non-hydrogen) atoms. The topological polar surface area (TPSA) is 56.1 Å². The van der Waals surface area contributed by atoms with E-state index in [4.69, 9.17) is 11.6 Å². The van der Waals surface area contributed by atoms with Gasteiger partial charge in [-0.15, -0.1) is 0 Å². The Hall–Kier alpha value is -2.98. The smallest absolute Gasteiger partial charge is 0.176 e. The molecule has 0 bridgehead atoms. The van der Waals surface area contributed by atoms with Crippen molar-refractivity contribution in [3.8, 4) is 11.5 Å². The van der Waals surface area contributed by atoms with E-state index in [-0.39, 0.29) is 16.5 Å². The van der Waals surface area contributed by atoms with E-state index in [1.807, 2.05) is 60.7 Å². The van der Waals surface area contributed by atoms with Crippen LogP contribution in [0, 0.1) is 0 Å². The van der Waals surface area contributed by atoms with Crippen molar-refractivity contribution in [1.82, 2.24) is 0 Å². The maximum atomic E-state index is 9.67. The summed E-state index contributed by atoms with van der Waals surface area (Å²) in [5.41, 5.74) is 2.37. The van der Waals surface area contributed by atoms with Crippen LogP contribution < -0.4 is 5.01 Å². The van der Waals surface area contributed by atoms with Crippen molar-refractivity contribution >= 4 is 29.2 Å². The molecule has 3 aromatic rings. The predicted molar refractivity (Wildman–Crippen MR) is 97.4 cm³/mol. The molecule has 120 valence electrons. The summed E-state index contributed by atoms with van der Waals surface area (Å²) in [5.74, 6) is -0.619. The zero-order valence-electron chi connectivity index (χ0n) is 12.7. The van der Waals surface area contributed by atoms with E-state index in [1.165, 1.54) is 12.1 Å². The molecule has 3 rings (SSSR count). The van der Waals surface area contributed by atoms with Gasteiger partial charge in [0.1, 0.15) is 0 Å². The van der Waals surface area contributed by atoms with Gasteiger partial charge in [0.15, 0.2) is 11.5 Å². The lowest BCUT2D eigenvalue weighted by atomic mass is 10.2. The van der Waals surface area contributed by atoms with Crippen molar-refractivity contribution in [2.24, 2.45) is 5.10 Å². The van der Waals surface area contributed by atoms with E-state index in [1.54, 1.807) is 11.2 Å². The van der Waals surface area contributed by atoms with Crippen LogP contribution in [0.25, 0.3) is 0 Å². The fraction of sp³-hybridized carbons (Fsp3) is 0. The van der Waals surface area contributed by atoms with Crippen molar-refractivity contribution < 1.29 is 10.2 Å². The third kappa shape index (κ3) is 3.50. The molecule has 0 amide bonds. The fourth-order valence-electron chi connectivity index (χ4n) is 2.22. The van der Waals surface area contributed by atoms with Crippen LogP contribution in [0.15, 0.2) is 77.9 Å². The molecule has 0 spiro atoms. The van der Waals surface area contributed by atoms with Crippen LogP contribution in [0.3, 0.4) is 0 Å². The maximum Gasteiger partial charge on any atom is 0.176 e. The molecule has 0 saturated heterocycles. The average Bonchev–Trinajstić information content (AvgIpc) is 2.61. The lowest BCUT2D eigenvalue weighted by Gasteiger charge is -2.19. The molecule has 0 atom stereocenters. The number of rotatable bonds is 4. The summed E-state index contributed by atoms with van der Waals surface area (Å²) in [4.78, 5) is 0. The van der Waals surface area contributed by atoms with E-state index in [0.717, 1.165) is 11.4 Å². The first-order valence-electron chi connectivity index (χ1n) is 7.31.